The van der Waals surface area contributed by atoms with E-state index in [-0.39, 0.29) is 5.91 Å². The molecule has 1 fully saturated rings. The molecule has 1 aliphatic carbocycles. The van der Waals surface area contributed by atoms with Gasteiger partial charge in [0.05, 0.1) is 17.0 Å². The van der Waals surface area contributed by atoms with Gasteiger partial charge in [-0.05, 0) is 57.6 Å². The van der Waals surface area contributed by atoms with Crippen molar-refractivity contribution in [3.05, 3.63) is 59.6 Å². The Bertz CT molecular complexity index is 978. The molecule has 0 saturated heterocycles. The van der Waals surface area contributed by atoms with Crippen LogP contribution in [0.5, 0.6) is 0 Å². The molecule has 0 aromatic carbocycles. The molecule has 7 heteroatoms. The molecule has 29 heavy (non-hydrogen) atoms. The molecule has 3 heterocycles. The maximum Gasteiger partial charge on any atom is 0.269 e. The van der Waals surface area contributed by atoms with E-state index in [1.165, 1.54) is 0 Å². The fourth-order valence-electron chi connectivity index (χ4n) is 3.94. The second-order valence-corrected chi connectivity index (χ2v) is 7.69. The minimum atomic E-state index is -0.109. The van der Waals surface area contributed by atoms with Crippen molar-refractivity contribution in [2.75, 3.05) is 6.54 Å². The van der Waals surface area contributed by atoms with Gasteiger partial charge in [-0.15, -0.1) is 0 Å². The number of rotatable bonds is 5. The summed E-state index contributed by atoms with van der Waals surface area (Å²) in [5.74, 6) is 2.21. The lowest BCUT2D eigenvalue weighted by Crippen LogP contribution is -2.31. The lowest BCUT2D eigenvalue weighted by Gasteiger charge is -2.29. The second-order valence-electron chi connectivity index (χ2n) is 7.69. The van der Waals surface area contributed by atoms with E-state index in [2.05, 4.69) is 20.4 Å². The molecule has 1 N–H and O–H groups in total. The lowest BCUT2D eigenvalue weighted by molar-refractivity contribution is 0.0938. The summed E-state index contributed by atoms with van der Waals surface area (Å²) in [5.41, 5.74) is 3.29. The second kappa shape index (κ2) is 8.51. The third-order valence-electron chi connectivity index (χ3n) is 5.51. The van der Waals surface area contributed by atoms with Gasteiger partial charge in [0, 0.05) is 30.9 Å². The summed E-state index contributed by atoms with van der Waals surface area (Å²) < 4.78 is 5.47. The number of nitrogens with zero attached hydrogens (tertiary/aromatic N) is 4. The molecule has 3 aromatic heterocycles. The van der Waals surface area contributed by atoms with Crippen LogP contribution in [0.2, 0.25) is 0 Å². The Kier molecular flexibility index (Phi) is 5.64. The monoisotopic (exact) mass is 391 g/mol. The number of hydrogen-bond acceptors (Lipinski definition) is 6. The van der Waals surface area contributed by atoms with E-state index in [0.29, 0.717) is 24.1 Å². The van der Waals surface area contributed by atoms with Crippen molar-refractivity contribution in [3.8, 4) is 11.3 Å². The van der Waals surface area contributed by atoms with Gasteiger partial charge in [-0.25, -0.2) is 9.97 Å². The molecule has 1 saturated carbocycles. The largest absolute Gasteiger partial charge is 0.356 e. The van der Waals surface area contributed by atoms with Crippen LogP contribution >= 0.6 is 0 Å². The topological polar surface area (TPSA) is 93.8 Å². The first kappa shape index (κ1) is 19.2. The van der Waals surface area contributed by atoms with Gasteiger partial charge in [-0.3, -0.25) is 9.78 Å². The fourth-order valence-corrected chi connectivity index (χ4v) is 3.94. The van der Waals surface area contributed by atoms with E-state index in [1.54, 1.807) is 18.3 Å². The number of aromatic nitrogens is 4. The highest BCUT2D eigenvalue weighted by Gasteiger charge is 2.27. The molecule has 7 nitrogen and oxygen atoms in total. The molecule has 4 rings (SSSR count). The molecule has 0 radical (unpaired) electrons. The predicted molar refractivity (Wildman–Crippen MR) is 108 cm³/mol. The van der Waals surface area contributed by atoms with Crippen LogP contribution in [-0.4, -0.2) is 32.6 Å². The molecule has 0 unspecified atom stereocenters. The van der Waals surface area contributed by atoms with E-state index in [0.717, 1.165) is 54.2 Å². The Labute approximate surface area is 170 Å². The first-order valence-corrected chi connectivity index (χ1v) is 10.1. The van der Waals surface area contributed by atoms with Crippen molar-refractivity contribution in [1.29, 1.82) is 0 Å². The molecule has 0 bridgehead atoms. The Balaban J connectivity index is 1.39. The van der Waals surface area contributed by atoms with Gasteiger partial charge in [0.25, 0.3) is 5.91 Å². The van der Waals surface area contributed by atoms with E-state index in [4.69, 9.17) is 9.51 Å². The zero-order valence-corrected chi connectivity index (χ0v) is 16.8. The zero-order valence-electron chi connectivity index (χ0n) is 16.8. The van der Waals surface area contributed by atoms with Crippen molar-refractivity contribution in [2.45, 2.75) is 45.4 Å². The number of pyridine rings is 1. The summed E-state index contributed by atoms with van der Waals surface area (Å²) in [6.07, 6.45) is 7.63. The Morgan fingerprint density at radius 2 is 2.00 bits per heavy atom. The normalized spacial score (nSPS) is 19.1. The number of carbonyl (C=O) groups excluding carboxylic acids is 1. The third kappa shape index (κ3) is 4.50. The first-order chi connectivity index (χ1) is 14.1. The van der Waals surface area contributed by atoms with Crippen molar-refractivity contribution < 1.29 is 9.32 Å². The molecule has 0 aliphatic heterocycles. The molecular formula is C22H25N5O2. The average Bonchev–Trinajstić information content (AvgIpc) is 3.19. The van der Waals surface area contributed by atoms with E-state index in [9.17, 15) is 4.79 Å². The standard InChI is InChI=1S/C22H25N5O2/c1-14-11-20(29-27-14)18-13-24-15(2)26-21(18)17-8-6-16(7-9-17)12-25-22(28)19-5-3-4-10-23-19/h3-5,10-11,13,16-17H,6-9,12H2,1-2H3,(H,25,28). The summed E-state index contributed by atoms with van der Waals surface area (Å²) in [7, 11) is 0. The van der Waals surface area contributed by atoms with Crippen molar-refractivity contribution in [3.63, 3.8) is 0 Å². The van der Waals surface area contributed by atoms with Crippen LogP contribution in [-0.2, 0) is 0 Å². The van der Waals surface area contributed by atoms with Crippen LogP contribution in [0, 0.1) is 19.8 Å². The Morgan fingerprint density at radius 3 is 2.69 bits per heavy atom. The molecule has 3 aromatic rings. The summed E-state index contributed by atoms with van der Waals surface area (Å²) in [4.78, 5) is 25.4. The molecule has 150 valence electrons. The van der Waals surface area contributed by atoms with Gasteiger partial charge in [0.1, 0.15) is 11.5 Å². The lowest BCUT2D eigenvalue weighted by atomic mass is 9.79. The number of aryl methyl sites for hydroxylation is 2. The zero-order chi connectivity index (χ0) is 20.2. The number of carbonyl (C=O) groups is 1. The van der Waals surface area contributed by atoms with Crippen molar-refractivity contribution >= 4 is 5.91 Å². The SMILES string of the molecule is Cc1cc(-c2cnc(C)nc2C2CCC(CNC(=O)c3ccccn3)CC2)on1. The fraction of sp³-hybridized carbons (Fsp3) is 0.409. The highest BCUT2D eigenvalue weighted by Crippen LogP contribution is 2.38. The average molecular weight is 391 g/mol. The molecule has 0 spiro atoms. The molecular weight excluding hydrogens is 366 g/mol. The van der Waals surface area contributed by atoms with Gasteiger partial charge in [-0.1, -0.05) is 11.2 Å². The summed E-state index contributed by atoms with van der Waals surface area (Å²) in [6, 6.07) is 7.29. The minimum absolute atomic E-state index is 0.109. The van der Waals surface area contributed by atoms with Gasteiger partial charge in [0.15, 0.2) is 5.76 Å². The van der Waals surface area contributed by atoms with E-state index >= 15 is 0 Å². The Hall–Kier alpha value is -3.09. The van der Waals surface area contributed by atoms with Gasteiger partial charge in [-0.2, -0.15) is 0 Å². The Morgan fingerprint density at radius 1 is 1.17 bits per heavy atom. The van der Waals surface area contributed by atoms with Crippen molar-refractivity contribution in [1.82, 2.24) is 25.4 Å². The summed E-state index contributed by atoms with van der Waals surface area (Å²) >= 11 is 0. The maximum absolute atomic E-state index is 12.2. The van der Waals surface area contributed by atoms with Crippen molar-refractivity contribution in [2.24, 2.45) is 5.92 Å². The third-order valence-corrected chi connectivity index (χ3v) is 5.51. The van der Waals surface area contributed by atoms with E-state index in [1.807, 2.05) is 32.2 Å². The quantitative estimate of drug-likeness (QED) is 0.710. The van der Waals surface area contributed by atoms with Crippen LogP contribution in [0.3, 0.4) is 0 Å². The maximum atomic E-state index is 12.2. The van der Waals surface area contributed by atoms with E-state index < -0.39 is 0 Å². The van der Waals surface area contributed by atoms with Gasteiger partial charge < -0.3 is 9.84 Å². The minimum Gasteiger partial charge on any atom is -0.356 e. The number of nitrogens with one attached hydrogen (secondary N) is 1. The van der Waals surface area contributed by atoms with Crippen LogP contribution in [0.1, 0.15) is 59.3 Å². The predicted octanol–water partition coefficient (Wildman–Crippen LogP) is 3.85. The molecule has 1 amide bonds. The number of amides is 1. The van der Waals surface area contributed by atoms with Gasteiger partial charge >= 0.3 is 0 Å². The highest BCUT2D eigenvalue weighted by molar-refractivity contribution is 5.92. The van der Waals surface area contributed by atoms with Crippen LogP contribution in [0.4, 0.5) is 0 Å². The smallest absolute Gasteiger partial charge is 0.269 e. The van der Waals surface area contributed by atoms with Crippen LogP contribution in [0.25, 0.3) is 11.3 Å². The summed E-state index contributed by atoms with van der Waals surface area (Å²) in [6.45, 7) is 4.50. The van der Waals surface area contributed by atoms with Gasteiger partial charge in [0.2, 0.25) is 0 Å². The number of hydrogen-bond donors (Lipinski definition) is 1. The molecule has 1 aliphatic rings. The van der Waals surface area contributed by atoms with Crippen LogP contribution in [0.15, 0.2) is 41.2 Å². The highest BCUT2D eigenvalue weighted by atomic mass is 16.5. The summed E-state index contributed by atoms with van der Waals surface area (Å²) in [5, 5.41) is 7.03. The molecule has 0 atom stereocenters. The first-order valence-electron chi connectivity index (χ1n) is 10.1. The van der Waals surface area contributed by atoms with Crippen LogP contribution < -0.4 is 5.32 Å².